The smallest absolute Gasteiger partial charge is 0.149 e. The van der Waals surface area contributed by atoms with Crippen molar-refractivity contribution in [1.82, 2.24) is 0 Å². The molecule has 0 radical (unpaired) electrons. The fraction of sp³-hybridized carbons (Fsp3) is 0.957. The van der Waals surface area contributed by atoms with Crippen molar-refractivity contribution in [2.75, 3.05) is 27.4 Å². The summed E-state index contributed by atoms with van der Waals surface area (Å²) in [5, 5.41) is 25.1. The largest absolute Gasteiger partial charge is 0.394 e. The van der Waals surface area contributed by atoms with E-state index in [1.165, 1.54) is 6.42 Å². The van der Waals surface area contributed by atoms with Crippen molar-refractivity contribution in [3.8, 4) is 6.07 Å². The predicted octanol–water partition coefficient (Wildman–Crippen LogP) is 4.82. The maximum absolute atomic E-state index is 8.47. The second-order valence-corrected chi connectivity index (χ2v) is 8.82. The molecular weight excluding hydrogens is 370 g/mol. The Morgan fingerprint density at radius 3 is 1.45 bits per heavy atom. The van der Waals surface area contributed by atoms with Gasteiger partial charge in [0.2, 0.25) is 0 Å². The van der Waals surface area contributed by atoms with E-state index in [0.29, 0.717) is 12.0 Å². The second kappa shape index (κ2) is 20.6. The van der Waals surface area contributed by atoms with E-state index >= 15 is 0 Å². The standard InChI is InChI=1S/C8H18.C7H13NO.2C4H10O2/c1-6-8(4,5)7(2)3;1-6(2)9-7(3,4)5-8;1-4(5)3-6-2;1-4(3-5)6-2/h7H,6H2,1-5H3;6H,1-4H3;2*4-5H,3H2,1-2H3. The van der Waals surface area contributed by atoms with Crippen molar-refractivity contribution in [3.63, 3.8) is 0 Å². The predicted molar refractivity (Wildman–Crippen MR) is 122 cm³/mol. The number of hydrogen-bond acceptors (Lipinski definition) is 6. The molecule has 0 saturated heterocycles. The Kier molecular flexibility index (Phi) is 25.3. The van der Waals surface area contributed by atoms with E-state index in [1.807, 2.05) is 13.8 Å². The van der Waals surface area contributed by atoms with E-state index in [4.69, 9.17) is 20.2 Å². The average molecular weight is 422 g/mol. The van der Waals surface area contributed by atoms with Gasteiger partial charge < -0.3 is 24.4 Å². The van der Waals surface area contributed by atoms with Crippen LogP contribution in [-0.4, -0.2) is 61.6 Å². The van der Waals surface area contributed by atoms with Gasteiger partial charge in [-0.15, -0.1) is 0 Å². The molecule has 0 spiro atoms. The molecule has 178 valence electrons. The Bertz CT molecular complexity index is 370. The van der Waals surface area contributed by atoms with Crippen LogP contribution in [0.4, 0.5) is 0 Å². The van der Waals surface area contributed by atoms with Gasteiger partial charge in [-0.05, 0) is 52.9 Å². The molecule has 0 aliphatic rings. The van der Waals surface area contributed by atoms with E-state index < -0.39 is 5.60 Å². The zero-order valence-electron chi connectivity index (χ0n) is 21.5. The number of hydrogen-bond donors (Lipinski definition) is 2. The summed E-state index contributed by atoms with van der Waals surface area (Å²) in [6.07, 6.45) is 1.07. The molecule has 0 aliphatic heterocycles. The van der Waals surface area contributed by atoms with E-state index in [-0.39, 0.29) is 24.9 Å². The molecule has 2 atom stereocenters. The molecule has 29 heavy (non-hydrogen) atoms. The summed E-state index contributed by atoms with van der Waals surface area (Å²) in [4.78, 5) is 0. The molecule has 0 aromatic rings. The molecule has 2 N–H and O–H groups in total. The molecule has 6 heteroatoms. The lowest BCUT2D eigenvalue weighted by molar-refractivity contribution is -0.0174. The Balaban J connectivity index is -0.000000146. The summed E-state index contributed by atoms with van der Waals surface area (Å²) in [6, 6.07) is 2.05. The Morgan fingerprint density at radius 2 is 1.41 bits per heavy atom. The summed E-state index contributed by atoms with van der Waals surface area (Å²) in [7, 11) is 3.13. The first-order valence-electron chi connectivity index (χ1n) is 10.5. The number of methoxy groups -OCH3 is 2. The van der Waals surface area contributed by atoms with Gasteiger partial charge in [0.1, 0.15) is 5.60 Å². The fourth-order valence-electron chi connectivity index (χ4n) is 1.34. The minimum absolute atomic E-state index is 0.00926. The molecule has 0 fully saturated rings. The van der Waals surface area contributed by atoms with Crippen LogP contribution in [0.3, 0.4) is 0 Å². The molecule has 0 saturated carbocycles. The lowest BCUT2D eigenvalue weighted by atomic mass is 9.79. The van der Waals surface area contributed by atoms with Crippen LogP contribution in [0, 0.1) is 22.7 Å². The maximum Gasteiger partial charge on any atom is 0.149 e. The highest BCUT2D eigenvalue weighted by atomic mass is 16.5. The first-order valence-corrected chi connectivity index (χ1v) is 10.5. The van der Waals surface area contributed by atoms with Gasteiger partial charge in [0, 0.05) is 14.2 Å². The fourth-order valence-corrected chi connectivity index (χ4v) is 1.34. The van der Waals surface area contributed by atoms with Crippen molar-refractivity contribution >= 4 is 0 Å². The van der Waals surface area contributed by atoms with E-state index in [1.54, 1.807) is 41.9 Å². The lowest BCUT2D eigenvalue weighted by Crippen LogP contribution is -2.25. The third kappa shape index (κ3) is 32.2. The third-order valence-corrected chi connectivity index (χ3v) is 4.34. The second-order valence-electron chi connectivity index (χ2n) is 8.82. The Hall–Kier alpha value is -0.710. The third-order valence-electron chi connectivity index (χ3n) is 4.34. The maximum atomic E-state index is 8.47. The van der Waals surface area contributed by atoms with Crippen LogP contribution in [0.15, 0.2) is 0 Å². The molecular formula is C23H51NO5. The molecule has 0 aromatic carbocycles. The number of aliphatic hydroxyl groups is 2. The molecule has 0 aromatic heterocycles. The number of rotatable bonds is 8. The molecule has 6 nitrogen and oxygen atoms in total. The van der Waals surface area contributed by atoms with Crippen LogP contribution in [-0.2, 0) is 14.2 Å². The number of ether oxygens (including phenoxy) is 3. The highest BCUT2D eigenvalue weighted by molar-refractivity contribution is 4.94. The van der Waals surface area contributed by atoms with Crippen molar-refractivity contribution in [2.24, 2.45) is 11.3 Å². The van der Waals surface area contributed by atoms with Crippen molar-refractivity contribution in [3.05, 3.63) is 0 Å². The minimum atomic E-state index is -0.631. The topological polar surface area (TPSA) is 91.9 Å². The van der Waals surface area contributed by atoms with Gasteiger partial charge in [-0.2, -0.15) is 5.26 Å². The first-order chi connectivity index (χ1) is 13.1. The molecule has 0 bridgehead atoms. The lowest BCUT2D eigenvalue weighted by Gasteiger charge is -2.27. The molecule has 0 aliphatic carbocycles. The molecule has 0 heterocycles. The number of nitrogens with zero attached hydrogens (tertiary/aromatic N) is 1. The van der Waals surface area contributed by atoms with Gasteiger partial charge in [-0.1, -0.05) is 41.0 Å². The zero-order valence-corrected chi connectivity index (χ0v) is 21.5. The van der Waals surface area contributed by atoms with Crippen LogP contribution in [0.2, 0.25) is 0 Å². The monoisotopic (exact) mass is 421 g/mol. The molecule has 2 unspecified atom stereocenters. The summed E-state index contributed by atoms with van der Waals surface area (Å²) in [6.45, 7) is 22.8. The first kappa shape index (κ1) is 35.7. The quantitative estimate of drug-likeness (QED) is 0.584. The van der Waals surface area contributed by atoms with Gasteiger partial charge >= 0.3 is 0 Å². The Labute approximate surface area is 181 Å². The summed E-state index contributed by atoms with van der Waals surface area (Å²) in [5.41, 5.74) is -0.0891. The van der Waals surface area contributed by atoms with Crippen molar-refractivity contribution in [1.29, 1.82) is 5.26 Å². The minimum Gasteiger partial charge on any atom is -0.394 e. The number of aliphatic hydroxyl groups excluding tert-OH is 2. The van der Waals surface area contributed by atoms with Gasteiger partial charge in [0.15, 0.2) is 0 Å². The highest BCUT2D eigenvalue weighted by Crippen LogP contribution is 2.28. The van der Waals surface area contributed by atoms with Crippen molar-refractivity contribution in [2.45, 2.75) is 106 Å². The van der Waals surface area contributed by atoms with Crippen LogP contribution in [0.1, 0.15) is 82.6 Å². The van der Waals surface area contributed by atoms with Gasteiger partial charge in [0.05, 0.1) is 37.6 Å². The zero-order chi connectivity index (χ0) is 24.3. The highest BCUT2D eigenvalue weighted by Gasteiger charge is 2.18. The molecule has 0 rings (SSSR count). The summed E-state index contributed by atoms with van der Waals surface area (Å²) >= 11 is 0. The SMILES string of the molecule is CC(C)OC(C)(C)C#N.CCC(C)(C)C(C)C.COC(C)CO.COCC(C)O. The Morgan fingerprint density at radius 1 is 0.966 bits per heavy atom. The van der Waals surface area contributed by atoms with Crippen LogP contribution in [0.25, 0.3) is 0 Å². The van der Waals surface area contributed by atoms with Crippen LogP contribution >= 0.6 is 0 Å². The van der Waals surface area contributed by atoms with Crippen LogP contribution in [0.5, 0.6) is 0 Å². The van der Waals surface area contributed by atoms with E-state index in [9.17, 15) is 0 Å². The number of nitriles is 1. The van der Waals surface area contributed by atoms with Crippen LogP contribution < -0.4 is 0 Å². The van der Waals surface area contributed by atoms with Crippen molar-refractivity contribution < 1.29 is 24.4 Å². The van der Waals surface area contributed by atoms with Gasteiger partial charge in [-0.3, -0.25) is 0 Å². The average Bonchev–Trinajstić information content (AvgIpc) is 2.61. The van der Waals surface area contributed by atoms with E-state index in [2.05, 4.69) is 50.2 Å². The van der Waals surface area contributed by atoms with Gasteiger partial charge in [-0.25, -0.2) is 0 Å². The molecule has 0 amide bonds. The normalized spacial score (nSPS) is 13.1. The van der Waals surface area contributed by atoms with Gasteiger partial charge in [0.25, 0.3) is 0 Å². The van der Waals surface area contributed by atoms with E-state index in [0.717, 1.165) is 5.92 Å². The summed E-state index contributed by atoms with van der Waals surface area (Å²) < 4.78 is 14.4. The summed E-state index contributed by atoms with van der Waals surface area (Å²) in [5.74, 6) is 0.812.